The second kappa shape index (κ2) is 15.4. The smallest absolute Gasteiger partial charge is 0.252 e. The molecule has 1 aliphatic rings. The summed E-state index contributed by atoms with van der Waals surface area (Å²) in [7, 11) is 2.14. The maximum atomic E-state index is 12.9. The first-order chi connectivity index (χ1) is 22.3. The summed E-state index contributed by atoms with van der Waals surface area (Å²) in [6.07, 6.45) is 7.68. The largest absolute Gasteiger partial charge is 0.374 e. The van der Waals surface area contributed by atoms with Gasteiger partial charge in [-0.15, -0.1) is 0 Å². The number of aromatic nitrogens is 3. The van der Waals surface area contributed by atoms with Crippen LogP contribution in [0, 0.1) is 6.92 Å². The Bertz CT molecular complexity index is 1700. The number of unbranched alkanes of at least 4 members (excludes halogenated alkanes) is 1. The van der Waals surface area contributed by atoms with Crippen LogP contribution in [0.2, 0.25) is 0 Å². The van der Waals surface area contributed by atoms with E-state index in [2.05, 4.69) is 68.7 Å². The molecule has 4 N–H and O–H groups in total. The molecule has 1 aromatic carbocycles. The molecule has 10 heteroatoms. The first-order valence-corrected chi connectivity index (χ1v) is 16.3. The highest BCUT2D eigenvalue weighted by molar-refractivity contribution is 5.89. The predicted octanol–water partition coefficient (Wildman–Crippen LogP) is 4.27. The van der Waals surface area contributed by atoms with Crippen LogP contribution in [0.3, 0.4) is 0 Å². The van der Waals surface area contributed by atoms with Crippen molar-refractivity contribution in [2.75, 3.05) is 44.7 Å². The van der Waals surface area contributed by atoms with Gasteiger partial charge in [-0.2, -0.15) is 0 Å². The molecule has 1 saturated heterocycles. The summed E-state index contributed by atoms with van der Waals surface area (Å²) in [5, 5.41) is 18.6. The van der Waals surface area contributed by atoms with Crippen LogP contribution in [0.5, 0.6) is 0 Å². The van der Waals surface area contributed by atoms with E-state index >= 15 is 0 Å². The fourth-order valence-corrected chi connectivity index (χ4v) is 6.16. The number of amides is 1. The monoisotopic (exact) mass is 625 g/mol. The lowest BCUT2D eigenvalue weighted by Crippen LogP contribution is -2.44. The number of likely N-dealkylation sites (N-methyl/N-ethyl adjacent to an activating group) is 1. The Morgan fingerprint density at radius 1 is 1.13 bits per heavy atom. The van der Waals surface area contributed by atoms with E-state index in [0.29, 0.717) is 12.1 Å². The molecule has 3 aromatic heterocycles. The quantitative estimate of drug-likeness (QED) is 0.0940. The summed E-state index contributed by atoms with van der Waals surface area (Å²) in [5.41, 5.74) is 6.05. The third kappa shape index (κ3) is 7.93. The second-order valence-corrected chi connectivity index (χ2v) is 12.2. The number of carbonyl (C=O) groups is 1. The van der Waals surface area contributed by atoms with Gasteiger partial charge in [0.1, 0.15) is 12.0 Å². The molecule has 4 aromatic rings. The van der Waals surface area contributed by atoms with E-state index in [-0.39, 0.29) is 18.0 Å². The van der Waals surface area contributed by atoms with Crippen LogP contribution in [0.1, 0.15) is 54.8 Å². The second-order valence-electron chi connectivity index (χ2n) is 12.2. The fraction of sp³-hybridized carbons (Fsp3) is 0.417. The predicted molar refractivity (Wildman–Crippen MR) is 185 cm³/mol. The van der Waals surface area contributed by atoms with Crippen LogP contribution in [0.25, 0.3) is 22.0 Å². The lowest BCUT2D eigenvalue weighted by atomic mass is 9.99. The minimum absolute atomic E-state index is 0.121. The Hall–Kier alpha value is -4.25. The lowest BCUT2D eigenvalue weighted by Gasteiger charge is -2.33. The van der Waals surface area contributed by atoms with E-state index in [4.69, 9.17) is 4.98 Å². The zero-order chi connectivity index (χ0) is 32.6. The van der Waals surface area contributed by atoms with Crippen molar-refractivity contribution in [3.05, 3.63) is 94.2 Å². The van der Waals surface area contributed by atoms with Crippen molar-refractivity contribution in [2.45, 2.75) is 58.8 Å². The first-order valence-electron chi connectivity index (χ1n) is 16.3. The van der Waals surface area contributed by atoms with Gasteiger partial charge in [-0.05, 0) is 86.8 Å². The molecule has 0 bridgehead atoms. The normalized spacial score (nSPS) is 14.5. The molecule has 10 nitrogen and oxygen atoms in total. The van der Waals surface area contributed by atoms with Crippen molar-refractivity contribution in [3.63, 3.8) is 0 Å². The number of aliphatic hydroxyl groups excluding tert-OH is 1. The highest BCUT2D eigenvalue weighted by atomic mass is 16.3. The Kier molecular flexibility index (Phi) is 11.1. The molecule has 1 aliphatic heterocycles. The number of H-pyrrole nitrogens is 1. The van der Waals surface area contributed by atoms with Crippen molar-refractivity contribution in [3.8, 4) is 11.1 Å². The first kappa shape index (κ1) is 33.1. The van der Waals surface area contributed by atoms with Gasteiger partial charge in [-0.25, -0.2) is 4.98 Å². The topological polar surface area (TPSA) is 119 Å². The zero-order valence-corrected chi connectivity index (χ0v) is 27.3. The molecular weight excluding hydrogens is 578 g/mol. The van der Waals surface area contributed by atoms with Gasteiger partial charge < -0.3 is 29.8 Å². The number of aliphatic hydroxyl groups is 1. The zero-order valence-electron chi connectivity index (χ0n) is 27.3. The molecule has 1 fully saturated rings. The van der Waals surface area contributed by atoms with Crippen molar-refractivity contribution in [1.82, 2.24) is 30.1 Å². The number of nitrogens with zero attached hydrogens (tertiary/aromatic N) is 4. The number of pyridine rings is 2. The molecule has 46 heavy (non-hydrogen) atoms. The van der Waals surface area contributed by atoms with Crippen LogP contribution in [-0.4, -0.2) is 70.2 Å². The van der Waals surface area contributed by atoms with E-state index in [1.165, 1.54) is 6.08 Å². The van der Waals surface area contributed by atoms with Gasteiger partial charge in [0.05, 0.1) is 0 Å². The minimum Gasteiger partial charge on any atom is -0.374 e. The van der Waals surface area contributed by atoms with Gasteiger partial charge in [0.25, 0.3) is 5.56 Å². The molecule has 0 saturated carbocycles. The molecule has 244 valence electrons. The van der Waals surface area contributed by atoms with Crippen LogP contribution < -0.4 is 21.1 Å². The number of aromatic amines is 1. The number of nitrogens with one attached hydrogen (secondary N) is 3. The number of aryl methyl sites for hydroxylation is 3. The molecule has 1 atom stereocenters. The van der Waals surface area contributed by atoms with Gasteiger partial charge >= 0.3 is 0 Å². The van der Waals surface area contributed by atoms with Crippen molar-refractivity contribution < 1.29 is 9.90 Å². The number of carbonyl (C=O) groups excluding carboxylic acids is 1. The maximum Gasteiger partial charge on any atom is 0.252 e. The average Bonchev–Trinajstić information content (AvgIpc) is 3.46. The molecule has 1 amide bonds. The Morgan fingerprint density at radius 2 is 1.93 bits per heavy atom. The number of hydrogen-bond donors (Lipinski definition) is 4. The summed E-state index contributed by atoms with van der Waals surface area (Å²) >= 11 is 0. The number of hydrogen-bond acceptors (Lipinski definition) is 7. The number of piperazine rings is 1. The van der Waals surface area contributed by atoms with Gasteiger partial charge in [-0.1, -0.05) is 19.9 Å². The summed E-state index contributed by atoms with van der Waals surface area (Å²) in [5.74, 6) is 0.807. The molecule has 0 aliphatic carbocycles. The summed E-state index contributed by atoms with van der Waals surface area (Å²) in [4.78, 5) is 36.8. The van der Waals surface area contributed by atoms with Crippen molar-refractivity contribution in [1.29, 1.82) is 0 Å². The Morgan fingerprint density at radius 3 is 2.65 bits per heavy atom. The van der Waals surface area contributed by atoms with Crippen LogP contribution in [0.4, 0.5) is 5.82 Å². The Balaban J connectivity index is 1.42. The third-order valence-electron chi connectivity index (χ3n) is 8.79. The van der Waals surface area contributed by atoms with Crippen molar-refractivity contribution in [2.24, 2.45) is 0 Å². The molecule has 4 heterocycles. The number of rotatable bonds is 14. The van der Waals surface area contributed by atoms with E-state index in [1.54, 1.807) is 0 Å². The summed E-state index contributed by atoms with van der Waals surface area (Å²) < 4.78 is 2.19. The molecule has 1 unspecified atom stereocenters. The van der Waals surface area contributed by atoms with Gasteiger partial charge in [0.2, 0.25) is 5.91 Å². The highest BCUT2D eigenvalue weighted by Gasteiger charge is 2.19. The molecular formula is C36H47N7O3. The van der Waals surface area contributed by atoms with E-state index < -0.39 is 6.23 Å². The molecule has 0 spiro atoms. The standard InChI is InChI=1S/C36H47N7O3/c1-5-9-26-20-25(3)40-36(46)31(26)24-39-35(45)30-21-28(27-10-11-33(38-23-27)43-18-16-41(4)17-19-43)22-32-29(30)12-15-42(32)14-8-7-13-37-34(44)6-2/h6,10-12,15,20-23,35,39,45H,2,5,7-9,13-14,16-19,24H2,1,3-4H3,(H,37,44)(H,40,46). The number of anilines is 1. The van der Waals surface area contributed by atoms with Gasteiger partial charge in [0, 0.05) is 91.5 Å². The Labute approximate surface area is 271 Å². The van der Waals surface area contributed by atoms with E-state index in [1.807, 2.05) is 37.5 Å². The minimum atomic E-state index is -1.000. The van der Waals surface area contributed by atoms with Crippen molar-refractivity contribution >= 4 is 22.6 Å². The van der Waals surface area contributed by atoms with Gasteiger partial charge in [0.15, 0.2) is 0 Å². The number of benzene rings is 1. The van der Waals surface area contributed by atoms with Gasteiger partial charge in [-0.3, -0.25) is 14.9 Å². The lowest BCUT2D eigenvalue weighted by molar-refractivity contribution is -0.116. The van der Waals surface area contributed by atoms with Crippen LogP contribution in [0.15, 0.2) is 66.2 Å². The number of fused-ring (bicyclic) bond motifs is 1. The summed E-state index contributed by atoms with van der Waals surface area (Å²) in [6, 6.07) is 12.4. The molecule has 5 rings (SSSR count). The highest BCUT2D eigenvalue weighted by Crippen LogP contribution is 2.32. The van der Waals surface area contributed by atoms with Crippen LogP contribution in [-0.2, 0) is 24.3 Å². The third-order valence-corrected chi connectivity index (χ3v) is 8.79. The average molecular weight is 626 g/mol. The SMILES string of the molecule is C=CC(=O)NCCCCn1ccc2c(C(O)NCc3c(CCC)cc(C)[nH]c3=O)cc(-c3ccc(N4CCN(C)CC4)nc3)cc21. The summed E-state index contributed by atoms with van der Waals surface area (Å²) in [6.45, 7) is 13.0. The maximum absolute atomic E-state index is 12.9. The fourth-order valence-electron chi connectivity index (χ4n) is 6.16. The van der Waals surface area contributed by atoms with E-state index in [9.17, 15) is 14.7 Å². The van der Waals surface area contributed by atoms with Crippen LogP contribution >= 0.6 is 0 Å². The molecule has 0 radical (unpaired) electrons. The van der Waals surface area contributed by atoms with E-state index in [0.717, 1.165) is 103 Å².